The van der Waals surface area contributed by atoms with Gasteiger partial charge < -0.3 is 14.6 Å². The van der Waals surface area contributed by atoms with Crippen LogP contribution in [0.4, 0.5) is 0 Å². The molecule has 1 N–H and O–H groups in total. The van der Waals surface area contributed by atoms with E-state index in [0.29, 0.717) is 24.2 Å². The lowest BCUT2D eigenvalue weighted by atomic mass is 9.95. The van der Waals surface area contributed by atoms with Gasteiger partial charge in [0.2, 0.25) is 0 Å². The van der Waals surface area contributed by atoms with Crippen LogP contribution in [0.15, 0.2) is 43.0 Å². The molecule has 0 bridgehead atoms. The Bertz CT molecular complexity index is 719. The summed E-state index contributed by atoms with van der Waals surface area (Å²) in [5, 5.41) is 10.3. The van der Waals surface area contributed by atoms with Crippen molar-refractivity contribution in [3.05, 3.63) is 54.1 Å². The lowest BCUT2D eigenvalue weighted by Gasteiger charge is -2.14. The van der Waals surface area contributed by atoms with Crippen molar-refractivity contribution in [1.82, 2.24) is 0 Å². The molecule has 4 nitrogen and oxygen atoms in total. The van der Waals surface area contributed by atoms with Crippen LogP contribution in [-0.2, 0) is 16.0 Å². The molecular weight excluding hydrogens is 292 g/mol. The topological polar surface area (TPSA) is 55.8 Å². The van der Waals surface area contributed by atoms with E-state index in [0.717, 1.165) is 16.7 Å². The molecule has 2 rings (SSSR count). The molecule has 23 heavy (non-hydrogen) atoms. The van der Waals surface area contributed by atoms with Crippen molar-refractivity contribution in [1.29, 1.82) is 0 Å². The van der Waals surface area contributed by atoms with Gasteiger partial charge >= 0.3 is 5.97 Å². The molecule has 0 radical (unpaired) electrons. The molecule has 0 saturated carbocycles. The van der Waals surface area contributed by atoms with E-state index in [1.54, 1.807) is 25.3 Å². The van der Waals surface area contributed by atoms with Gasteiger partial charge in [0, 0.05) is 17.5 Å². The van der Waals surface area contributed by atoms with Crippen LogP contribution in [0, 0.1) is 0 Å². The predicted octanol–water partition coefficient (Wildman–Crippen LogP) is 3.82. The smallest absolute Gasteiger partial charge is 0.305 e. The normalized spacial score (nSPS) is 10.2. The van der Waals surface area contributed by atoms with Gasteiger partial charge in [0.1, 0.15) is 11.5 Å². The first-order valence-electron chi connectivity index (χ1n) is 7.29. The first kappa shape index (κ1) is 16.6. The lowest BCUT2D eigenvalue weighted by Crippen LogP contribution is -2.02. The first-order chi connectivity index (χ1) is 11.1. The van der Waals surface area contributed by atoms with Crippen molar-refractivity contribution in [2.75, 3.05) is 14.2 Å². The summed E-state index contributed by atoms with van der Waals surface area (Å²) in [4.78, 5) is 11.3. The summed E-state index contributed by atoms with van der Waals surface area (Å²) in [6.07, 6.45) is 2.55. The third-order valence-electron chi connectivity index (χ3n) is 3.67. The number of ether oxygens (including phenoxy) is 2. The second kappa shape index (κ2) is 7.49. The molecule has 0 heterocycles. The van der Waals surface area contributed by atoms with E-state index in [2.05, 4.69) is 11.3 Å². The second-order valence-electron chi connectivity index (χ2n) is 5.06. The van der Waals surface area contributed by atoms with Gasteiger partial charge in [0.05, 0.1) is 14.2 Å². The number of rotatable bonds is 6. The number of benzene rings is 2. The van der Waals surface area contributed by atoms with Crippen LogP contribution in [0.25, 0.3) is 17.2 Å². The number of hydrogen-bond donors (Lipinski definition) is 1. The summed E-state index contributed by atoms with van der Waals surface area (Å²) < 4.78 is 10.1. The zero-order chi connectivity index (χ0) is 16.8. The maximum atomic E-state index is 11.3. The number of phenolic OH excluding ortho intramolecular Hbond substituents is 1. The van der Waals surface area contributed by atoms with Gasteiger partial charge in [-0.25, -0.2) is 0 Å². The Morgan fingerprint density at radius 3 is 2.70 bits per heavy atom. The average Bonchev–Trinajstić information content (AvgIpc) is 2.59. The van der Waals surface area contributed by atoms with Gasteiger partial charge in [-0.15, -0.1) is 0 Å². The van der Waals surface area contributed by atoms with Crippen LogP contribution < -0.4 is 4.74 Å². The number of phenols is 1. The largest absolute Gasteiger partial charge is 0.507 e. The molecule has 2 aromatic carbocycles. The highest BCUT2D eigenvalue weighted by Crippen LogP contribution is 2.39. The Hall–Kier alpha value is -2.75. The zero-order valence-corrected chi connectivity index (χ0v) is 13.3. The van der Waals surface area contributed by atoms with Crippen LogP contribution in [0.2, 0.25) is 0 Å². The molecule has 4 heteroatoms. The molecule has 0 aliphatic carbocycles. The fourth-order valence-corrected chi connectivity index (χ4v) is 2.46. The number of esters is 1. The molecule has 0 unspecified atom stereocenters. The second-order valence-corrected chi connectivity index (χ2v) is 5.06. The van der Waals surface area contributed by atoms with Crippen molar-refractivity contribution in [3.8, 4) is 22.6 Å². The van der Waals surface area contributed by atoms with Gasteiger partial charge in [0.25, 0.3) is 0 Å². The highest BCUT2D eigenvalue weighted by atomic mass is 16.5. The summed E-state index contributed by atoms with van der Waals surface area (Å²) in [6, 6.07) is 10.9. The third-order valence-corrected chi connectivity index (χ3v) is 3.67. The molecular formula is C19H20O4. The monoisotopic (exact) mass is 312 g/mol. The molecule has 2 aromatic rings. The predicted molar refractivity (Wildman–Crippen MR) is 90.5 cm³/mol. The maximum Gasteiger partial charge on any atom is 0.305 e. The molecule has 0 aromatic heterocycles. The summed E-state index contributed by atoms with van der Waals surface area (Å²) in [5.41, 5.74) is 3.23. The van der Waals surface area contributed by atoms with Crippen molar-refractivity contribution < 1.29 is 19.4 Å². The minimum Gasteiger partial charge on any atom is -0.507 e. The molecule has 0 spiro atoms. The van der Waals surface area contributed by atoms with Crippen molar-refractivity contribution in [2.45, 2.75) is 12.8 Å². The van der Waals surface area contributed by atoms with Crippen molar-refractivity contribution >= 4 is 12.0 Å². The van der Waals surface area contributed by atoms with Crippen LogP contribution in [0.5, 0.6) is 11.5 Å². The highest BCUT2D eigenvalue weighted by Gasteiger charge is 2.14. The third kappa shape index (κ3) is 3.72. The maximum absolute atomic E-state index is 11.3. The SMILES string of the molecule is C=Cc1cccc(OC)c1-c1cc(CCC(=O)OC)ccc1O. The van der Waals surface area contributed by atoms with E-state index in [4.69, 9.17) is 4.74 Å². The number of carbonyl (C=O) groups is 1. The Morgan fingerprint density at radius 2 is 2.04 bits per heavy atom. The highest BCUT2D eigenvalue weighted by molar-refractivity contribution is 5.83. The van der Waals surface area contributed by atoms with E-state index >= 15 is 0 Å². The summed E-state index contributed by atoms with van der Waals surface area (Å²) >= 11 is 0. The van der Waals surface area contributed by atoms with E-state index in [-0.39, 0.29) is 11.7 Å². The van der Waals surface area contributed by atoms with Gasteiger partial charge in [-0.3, -0.25) is 4.79 Å². The summed E-state index contributed by atoms with van der Waals surface area (Å²) in [7, 11) is 2.96. The molecule has 0 fully saturated rings. The number of aryl methyl sites for hydroxylation is 1. The molecule has 0 atom stereocenters. The molecule has 0 aliphatic rings. The molecule has 120 valence electrons. The Labute approximate surface area is 136 Å². The minimum atomic E-state index is -0.260. The molecule has 0 aliphatic heterocycles. The van der Waals surface area contributed by atoms with Gasteiger partial charge in [0.15, 0.2) is 0 Å². The van der Waals surface area contributed by atoms with E-state index in [1.807, 2.05) is 24.3 Å². The van der Waals surface area contributed by atoms with Gasteiger partial charge in [-0.2, -0.15) is 0 Å². The Kier molecular flexibility index (Phi) is 5.41. The van der Waals surface area contributed by atoms with E-state index < -0.39 is 0 Å². The number of aromatic hydroxyl groups is 1. The van der Waals surface area contributed by atoms with Gasteiger partial charge in [-0.05, 0) is 35.7 Å². The van der Waals surface area contributed by atoms with E-state index in [1.165, 1.54) is 7.11 Å². The van der Waals surface area contributed by atoms with Crippen LogP contribution in [0.1, 0.15) is 17.5 Å². The number of carbonyl (C=O) groups excluding carboxylic acids is 1. The van der Waals surface area contributed by atoms with E-state index in [9.17, 15) is 9.90 Å². The number of methoxy groups -OCH3 is 2. The Balaban J connectivity index is 2.47. The van der Waals surface area contributed by atoms with Crippen molar-refractivity contribution in [3.63, 3.8) is 0 Å². The van der Waals surface area contributed by atoms with Crippen molar-refractivity contribution in [2.24, 2.45) is 0 Å². The standard InChI is InChI=1S/C19H20O4/c1-4-14-6-5-7-17(22-2)19(14)15-12-13(8-10-16(15)20)9-11-18(21)23-3/h4-8,10,12,20H,1,9,11H2,2-3H3. The lowest BCUT2D eigenvalue weighted by molar-refractivity contribution is -0.140. The van der Waals surface area contributed by atoms with Crippen LogP contribution >= 0.6 is 0 Å². The minimum absolute atomic E-state index is 0.152. The summed E-state index contributed by atoms with van der Waals surface area (Å²) in [6.45, 7) is 3.82. The molecule has 0 saturated heterocycles. The van der Waals surface area contributed by atoms with Crippen LogP contribution in [0.3, 0.4) is 0 Å². The fraction of sp³-hybridized carbons (Fsp3) is 0.211. The quantitative estimate of drug-likeness (QED) is 0.824. The van der Waals surface area contributed by atoms with Crippen LogP contribution in [-0.4, -0.2) is 25.3 Å². The fourth-order valence-electron chi connectivity index (χ4n) is 2.46. The van der Waals surface area contributed by atoms with Gasteiger partial charge in [-0.1, -0.05) is 30.9 Å². The zero-order valence-electron chi connectivity index (χ0n) is 13.3. The molecule has 0 amide bonds. The first-order valence-corrected chi connectivity index (χ1v) is 7.29. The number of hydrogen-bond acceptors (Lipinski definition) is 4. The average molecular weight is 312 g/mol. The Morgan fingerprint density at radius 1 is 1.26 bits per heavy atom. The summed E-state index contributed by atoms with van der Waals surface area (Å²) in [5.74, 6) is 0.547.